The zero-order chi connectivity index (χ0) is 19.9. The van der Waals surface area contributed by atoms with E-state index in [1.54, 1.807) is 0 Å². The highest BCUT2D eigenvalue weighted by Gasteiger charge is 2.23. The normalized spacial score (nSPS) is 11.0. The first kappa shape index (κ1) is 19.3. The number of carbonyl (C=O) groups excluding carboxylic acids is 1. The quantitative estimate of drug-likeness (QED) is 0.451. The Bertz CT molecular complexity index is 1150. The SMILES string of the molecule is CCOC(=O)c1cn(-c2ccc(Cl)cc2F)c2c(Cl)c(F)c(F)cc2c1=O. The second-order valence-corrected chi connectivity index (χ2v) is 6.26. The van der Waals surface area contributed by atoms with E-state index >= 15 is 0 Å². The van der Waals surface area contributed by atoms with Gasteiger partial charge in [0.15, 0.2) is 11.6 Å². The number of fused-ring (bicyclic) bond motifs is 1. The average molecular weight is 416 g/mol. The lowest BCUT2D eigenvalue weighted by Crippen LogP contribution is -2.21. The molecule has 0 saturated carbocycles. The van der Waals surface area contributed by atoms with Crippen molar-refractivity contribution < 1.29 is 22.7 Å². The molecule has 0 atom stereocenters. The minimum absolute atomic E-state index is 0.0237. The fraction of sp³-hybridized carbons (Fsp3) is 0.111. The number of nitrogens with zero attached hydrogens (tertiary/aromatic N) is 1. The average Bonchev–Trinajstić information content (AvgIpc) is 2.61. The minimum atomic E-state index is -1.41. The maximum Gasteiger partial charge on any atom is 0.343 e. The molecular formula is C18H10Cl2F3NO3. The van der Waals surface area contributed by atoms with Crippen LogP contribution in [-0.2, 0) is 4.74 Å². The molecule has 1 heterocycles. The molecule has 0 radical (unpaired) electrons. The van der Waals surface area contributed by atoms with Gasteiger partial charge in [0.05, 0.1) is 23.2 Å². The van der Waals surface area contributed by atoms with Gasteiger partial charge in [-0.15, -0.1) is 0 Å². The van der Waals surface area contributed by atoms with Gasteiger partial charge in [-0.05, 0) is 31.2 Å². The fourth-order valence-electron chi connectivity index (χ4n) is 2.61. The predicted molar refractivity (Wildman–Crippen MR) is 95.4 cm³/mol. The van der Waals surface area contributed by atoms with Gasteiger partial charge >= 0.3 is 5.97 Å². The Morgan fingerprint density at radius 2 is 1.85 bits per heavy atom. The van der Waals surface area contributed by atoms with Gasteiger partial charge < -0.3 is 9.30 Å². The van der Waals surface area contributed by atoms with E-state index in [1.807, 2.05) is 0 Å². The summed E-state index contributed by atoms with van der Waals surface area (Å²) in [6, 6.07) is 4.18. The monoisotopic (exact) mass is 415 g/mol. The van der Waals surface area contributed by atoms with Gasteiger partial charge in [-0.3, -0.25) is 4.79 Å². The third-order valence-corrected chi connectivity index (χ3v) is 4.37. The molecular weight excluding hydrogens is 406 g/mol. The molecule has 0 spiro atoms. The molecule has 2 aromatic carbocycles. The molecule has 0 unspecified atom stereocenters. The molecule has 0 aliphatic rings. The van der Waals surface area contributed by atoms with Crippen molar-refractivity contribution in [2.75, 3.05) is 6.61 Å². The lowest BCUT2D eigenvalue weighted by molar-refractivity contribution is 0.0524. The van der Waals surface area contributed by atoms with Crippen LogP contribution in [0, 0.1) is 17.5 Å². The summed E-state index contributed by atoms with van der Waals surface area (Å²) in [5.41, 5.74) is -1.88. The molecule has 3 aromatic rings. The van der Waals surface area contributed by atoms with Gasteiger partial charge in [-0.1, -0.05) is 23.2 Å². The number of ether oxygens (including phenoxy) is 1. The predicted octanol–water partition coefficient (Wildman–Crippen LogP) is 4.89. The largest absolute Gasteiger partial charge is 0.462 e. The number of benzene rings is 2. The van der Waals surface area contributed by atoms with Crippen LogP contribution in [0.15, 0.2) is 35.3 Å². The van der Waals surface area contributed by atoms with Gasteiger partial charge in [0.1, 0.15) is 16.4 Å². The van der Waals surface area contributed by atoms with Crippen molar-refractivity contribution >= 4 is 40.1 Å². The lowest BCUT2D eigenvalue weighted by atomic mass is 10.1. The van der Waals surface area contributed by atoms with Crippen molar-refractivity contribution in [1.29, 1.82) is 0 Å². The highest BCUT2D eigenvalue weighted by molar-refractivity contribution is 6.35. The van der Waals surface area contributed by atoms with E-state index < -0.39 is 44.8 Å². The molecule has 1 aromatic heterocycles. The number of rotatable bonds is 3. The zero-order valence-corrected chi connectivity index (χ0v) is 15.2. The van der Waals surface area contributed by atoms with Gasteiger partial charge in [0.25, 0.3) is 0 Å². The number of aromatic nitrogens is 1. The first-order valence-corrected chi connectivity index (χ1v) is 8.37. The Kier molecular flexibility index (Phi) is 5.17. The molecule has 140 valence electrons. The van der Waals surface area contributed by atoms with Gasteiger partial charge in [0.2, 0.25) is 5.43 Å². The van der Waals surface area contributed by atoms with Crippen molar-refractivity contribution in [2.24, 2.45) is 0 Å². The number of hydrogen-bond acceptors (Lipinski definition) is 3. The standard InChI is InChI=1S/C18H10Cl2F3NO3/c1-2-27-18(26)10-7-24(13-4-3-8(19)5-11(13)21)16-9(17(10)25)6-12(22)15(23)14(16)20/h3-7H,2H2,1H3. The van der Waals surface area contributed by atoms with E-state index in [9.17, 15) is 22.8 Å². The Hall–Kier alpha value is -2.51. The third-order valence-electron chi connectivity index (χ3n) is 3.79. The second-order valence-electron chi connectivity index (χ2n) is 5.44. The van der Waals surface area contributed by atoms with Crippen molar-refractivity contribution in [2.45, 2.75) is 6.92 Å². The van der Waals surface area contributed by atoms with Crippen LogP contribution in [0.1, 0.15) is 17.3 Å². The Balaban J connectivity index is 2.50. The Morgan fingerprint density at radius 1 is 1.15 bits per heavy atom. The first-order chi connectivity index (χ1) is 12.8. The topological polar surface area (TPSA) is 48.3 Å². The summed E-state index contributed by atoms with van der Waals surface area (Å²) in [4.78, 5) is 24.7. The number of halogens is 5. The van der Waals surface area contributed by atoms with Crippen LogP contribution in [0.25, 0.3) is 16.6 Å². The molecule has 0 amide bonds. The van der Waals surface area contributed by atoms with Crippen LogP contribution in [0.4, 0.5) is 13.2 Å². The van der Waals surface area contributed by atoms with E-state index in [4.69, 9.17) is 27.9 Å². The zero-order valence-electron chi connectivity index (χ0n) is 13.7. The summed E-state index contributed by atoms with van der Waals surface area (Å²) in [7, 11) is 0. The Labute approximate surface area is 160 Å². The van der Waals surface area contributed by atoms with Crippen molar-refractivity contribution in [3.63, 3.8) is 0 Å². The summed E-state index contributed by atoms with van der Waals surface area (Å²) in [5.74, 6) is -4.61. The minimum Gasteiger partial charge on any atom is -0.462 e. The first-order valence-electron chi connectivity index (χ1n) is 7.61. The van der Waals surface area contributed by atoms with Crippen LogP contribution >= 0.6 is 23.2 Å². The molecule has 0 fully saturated rings. The molecule has 0 N–H and O–H groups in total. The lowest BCUT2D eigenvalue weighted by Gasteiger charge is -2.16. The molecule has 9 heteroatoms. The van der Waals surface area contributed by atoms with Crippen molar-refractivity contribution in [3.05, 3.63) is 73.7 Å². The van der Waals surface area contributed by atoms with Crippen LogP contribution in [0.3, 0.4) is 0 Å². The van der Waals surface area contributed by atoms with Crippen LogP contribution < -0.4 is 5.43 Å². The third kappa shape index (κ3) is 3.28. The number of hydrogen-bond donors (Lipinski definition) is 0. The maximum absolute atomic E-state index is 14.4. The molecule has 0 saturated heterocycles. The van der Waals surface area contributed by atoms with E-state index in [1.165, 1.54) is 19.1 Å². The van der Waals surface area contributed by atoms with E-state index in [2.05, 4.69) is 0 Å². The molecule has 0 aliphatic carbocycles. The molecule has 4 nitrogen and oxygen atoms in total. The summed E-state index contributed by atoms with van der Waals surface area (Å²) < 4.78 is 48.1. The van der Waals surface area contributed by atoms with E-state index in [0.29, 0.717) is 6.07 Å². The highest BCUT2D eigenvalue weighted by atomic mass is 35.5. The maximum atomic E-state index is 14.4. The van der Waals surface area contributed by atoms with Crippen LogP contribution in [0.5, 0.6) is 0 Å². The van der Waals surface area contributed by atoms with Gasteiger partial charge in [-0.2, -0.15) is 0 Å². The molecule has 0 aliphatic heterocycles. The molecule has 27 heavy (non-hydrogen) atoms. The second kappa shape index (κ2) is 7.25. The summed E-state index contributed by atoms with van der Waals surface area (Å²) >= 11 is 11.6. The Morgan fingerprint density at radius 3 is 2.48 bits per heavy atom. The summed E-state index contributed by atoms with van der Waals surface area (Å²) in [5, 5.41) is -1.04. The highest BCUT2D eigenvalue weighted by Crippen LogP contribution is 2.31. The number of esters is 1. The summed E-state index contributed by atoms with van der Waals surface area (Å²) in [6.07, 6.45) is 0.970. The molecule has 0 bridgehead atoms. The van der Waals surface area contributed by atoms with Crippen molar-refractivity contribution in [1.82, 2.24) is 4.57 Å². The smallest absolute Gasteiger partial charge is 0.343 e. The molecule has 3 rings (SSSR count). The number of carbonyl (C=O) groups is 1. The van der Waals surface area contributed by atoms with Gasteiger partial charge in [0, 0.05) is 11.2 Å². The van der Waals surface area contributed by atoms with E-state index in [-0.39, 0.29) is 22.8 Å². The summed E-state index contributed by atoms with van der Waals surface area (Å²) in [6.45, 7) is 1.51. The van der Waals surface area contributed by atoms with Crippen LogP contribution in [0.2, 0.25) is 10.0 Å². The van der Waals surface area contributed by atoms with Gasteiger partial charge in [-0.25, -0.2) is 18.0 Å². The van der Waals surface area contributed by atoms with E-state index in [0.717, 1.165) is 16.8 Å². The van der Waals surface area contributed by atoms with Crippen LogP contribution in [-0.4, -0.2) is 17.1 Å². The fourth-order valence-corrected chi connectivity index (χ4v) is 3.05. The van der Waals surface area contributed by atoms with Crippen molar-refractivity contribution in [3.8, 4) is 5.69 Å². The number of pyridine rings is 1.